The van der Waals surface area contributed by atoms with Gasteiger partial charge in [0.1, 0.15) is 0 Å². The largest absolute Gasteiger partial charge is 0.365 e. The molecule has 15 heavy (non-hydrogen) atoms. The van der Waals surface area contributed by atoms with E-state index in [0.717, 1.165) is 11.6 Å². The molecule has 1 N–H and O–H groups in total. The predicted octanol–water partition coefficient (Wildman–Crippen LogP) is 3.41. The number of hydrogen-bond donors (Lipinski definition) is 1. The highest BCUT2D eigenvalue weighted by Gasteiger charge is 2.09. The van der Waals surface area contributed by atoms with Crippen LogP contribution in [-0.2, 0) is 6.42 Å². The van der Waals surface area contributed by atoms with Crippen molar-refractivity contribution in [3.8, 4) is 10.4 Å². The first-order chi connectivity index (χ1) is 7.35. The van der Waals surface area contributed by atoms with Crippen LogP contribution in [0.15, 0.2) is 30.3 Å². The summed E-state index contributed by atoms with van der Waals surface area (Å²) in [6, 6.07) is 10.4. The van der Waals surface area contributed by atoms with Gasteiger partial charge in [-0.05, 0) is 12.0 Å². The Morgan fingerprint density at radius 3 is 2.60 bits per heavy atom. The summed E-state index contributed by atoms with van der Waals surface area (Å²) in [7, 11) is 1.91. The van der Waals surface area contributed by atoms with Crippen molar-refractivity contribution in [2.45, 2.75) is 13.3 Å². The summed E-state index contributed by atoms with van der Waals surface area (Å²) in [5, 5.41) is 4.09. The van der Waals surface area contributed by atoms with Gasteiger partial charge in [0.15, 0.2) is 5.13 Å². The molecule has 2 rings (SSSR count). The molecule has 0 saturated carbocycles. The summed E-state index contributed by atoms with van der Waals surface area (Å²) in [5.74, 6) is 0. The Morgan fingerprint density at radius 1 is 1.27 bits per heavy atom. The Labute approximate surface area is 94.0 Å². The van der Waals surface area contributed by atoms with E-state index in [-0.39, 0.29) is 0 Å². The predicted molar refractivity (Wildman–Crippen MR) is 66.5 cm³/mol. The minimum atomic E-state index is 0.975. The van der Waals surface area contributed by atoms with Crippen molar-refractivity contribution >= 4 is 16.5 Å². The lowest BCUT2D eigenvalue weighted by molar-refractivity contribution is 1.07. The maximum Gasteiger partial charge on any atom is 0.183 e. The standard InChI is InChI=1S/C12H14N2S/c1-3-10-11(15-12(13-2)14-10)9-7-5-4-6-8-9/h4-8H,3H2,1-2H3,(H,13,14). The molecule has 1 aromatic heterocycles. The first kappa shape index (κ1) is 10.2. The zero-order valence-electron chi connectivity index (χ0n) is 8.95. The summed E-state index contributed by atoms with van der Waals surface area (Å²) in [6.45, 7) is 2.14. The molecule has 0 aliphatic rings. The number of benzene rings is 1. The Hall–Kier alpha value is -1.35. The van der Waals surface area contributed by atoms with Gasteiger partial charge in [0.05, 0.1) is 10.6 Å². The SMILES string of the molecule is CCc1nc(NC)sc1-c1ccccc1. The minimum Gasteiger partial charge on any atom is -0.365 e. The number of rotatable bonds is 3. The number of nitrogens with zero attached hydrogens (tertiary/aromatic N) is 1. The second-order valence-corrected chi connectivity index (χ2v) is 4.26. The third-order valence-electron chi connectivity index (χ3n) is 2.28. The highest BCUT2D eigenvalue weighted by atomic mass is 32.1. The van der Waals surface area contributed by atoms with E-state index in [2.05, 4.69) is 41.5 Å². The highest BCUT2D eigenvalue weighted by molar-refractivity contribution is 7.19. The topological polar surface area (TPSA) is 24.9 Å². The lowest BCUT2D eigenvalue weighted by Gasteiger charge is -1.98. The van der Waals surface area contributed by atoms with E-state index in [1.54, 1.807) is 11.3 Å². The zero-order chi connectivity index (χ0) is 10.7. The van der Waals surface area contributed by atoms with Crippen molar-refractivity contribution < 1.29 is 0 Å². The Balaban J connectivity index is 2.47. The van der Waals surface area contributed by atoms with Crippen molar-refractivity contribution in [2.75, 3.05) is 12.4 Å². The molecule has 1 aromatic carbocycles. The summed E-state index contributed by atoms with van der Waals surface area (Å²) in [6.07, 6.45) is 0.975. The smallest absolute Gasteiger partial charge is 0.183 e. The van der Waals surface area contributed by atoms with Gasteiger partial charge in [-0.2, -0.15) is 0 Å². The molecule has 0 unspecified atom stereocenters. The van der Waals surface area contributed by atoms with Crippen molar-refractivity contribution in [1.82, 2.24) is 4.98 Å². The van der Waals surface area contributed by atoms with Crippen LogP contribution >= 0.6 is 11.3 Å². The van der Waals surface area contributed by atoms with E-state index in [9.17, 15) is 0 Å². The monoisotopic (exact) mass is 218 g/mol. The molecule has 0 aliphatic heterocycles. The van der Waals surface area contributed by atoms with Crippen LogP contribution in [0.3, 0.4) is 0 Å². The number of anilines is 1. The fraction of sp³-hybridized carbons (Fsp3) is 0.250. The molecule has 0 bridgehead atoms. The van der Waals surface area contributed by atoms with Crippen LogP contribution in [0.1, 0.15) is 12.6 Å². The molecule has 0 radical (unpaired) electrons. The molecule has 0 atom stereocenters. The van der Waals surface area contributed by atoms with Gasteiger partial charge in [0, 0.05) is 7.05 Å². The number of aromatic nitrogens is 1. The lowest BCUT2D eigenvalue weighted by atomic mass is 10.1. The molecule has 1 heterocycles. The third kappa shape index (κ3) is 2.02. The van der Waals surface area contributed by atoms with Crippen molar-refractivity contribution in [3.63, 3.8) is 0 Å². The van der Waals surface area contributed by atoms with Gasteiger partial charge < -0.3 is 5.32 Å². The number of aryl methyl sites for hydroxylation is 1. The Bertz CT molecular complexity index is 434. The Kier molecular flexibility index (Phi) is 3.02. The van der Waals surface area contributed by atoms with Gasteiger partial charge in [0.2, 0.25) is 0 Å². The molecule has 0 saturated heterocycles. The summed E-state index contributed by atoms with van der Waals surface area (Å²) < 4.78 is 0. The molecule has 0 amide bonds. The maximum absolute atomic E-state index is 4.53. The fourth-order valence-electron chi connectivity index (χ4n) is 1.51. The molecule has 0 fully saturated rings. The van der Waals surface area contributed by atoms with Crippen molar-refractivity contribution in [3.05, 3.63) is 36.0 Å². The second kappa shape index (κ2) is 4.45. The minimum absolute atomic E-state index is 0.975. The number of hydrogen-bond acceptors (Lipinski definition) is 3. The molecule has 0 spiro atoms. The van der Waals surface area contributed by atoms with Crippen molar-refractivity contribution in [1.29, 1.82) is 0 Å². The highest BCUT2D eigenvalue weighted by Crippen LogP contribution is 2.32. The van der Waals surface area contributed by atoms with Crippen LogP contribution in [0.25, 0.3) is 10.4 Å². The molecule has 3 heteroatoms. The fourth-order valence-corrected chi connectivity index (χ4v) is 2.53. The molecule has 78 valence electrons. The molecular weight excluding hydrogens is 204 g/mol. The molecule has 0 aliphatic carbocycles. The molecule has 2 nitrogen and oxygen atoms in total. The van der Waals surface area contributed by atoms with Gasteiger partial charge in [-0.3, -0.25) is 0 Å². The summed E-state index contributed by atoms with van der Waals surface area (Å²) in [5.41, 5.74) is 2.43. The summed E-state index contributed by atoms with van der Waals surface area (Å²) >= 11 is 1.71. The lowest BCUT2D eigenvalue weighted by Crippen LogP contribution is -1.87. The van der Waals surface area contributed by atoms with E-state index in [0.29, 0.717) is 0 Å². The van der Waals surface area contributed by atoms with Gasteiger partial charge in [-0.25, -0.2) is 4.98 Å². The van der Waals surface area contributed by atoms with E-state index in [4.69, 9.17) is 0 Å². The van der Waals surface area contributed by atoms with Gasteiger partial charge in [0.25, 0.3) is 0 Å². The van der Waals surface area contributed by atoms with Gasteiger partial charge >= 0.3 is 0 Å². The first-order valence-electron chi connectivity index (χ1n) is 5.08. The summed E-state index contributed by atoms with van der Waals surface area (Å²) in [4.78, 5) is 5.81. The average Bonchev–Trinajstić information content (AvgIpc) is 2.73. The third-order valence-corrected chi connectivity index (χ3v) is 3.45. The first-order valence-corrected chi connectivity index (χ1v) is 5.89. The van der Waals surface area contributed by atoms with Crippen molar-refractivity contribution in [2.24, 2.45) is 0 Å². The van der Waals surface area contributed by atoms with Gasteiger partial charge in [-0.15, -0.1) is 0 Å². The average molecular weight is 218 g/mol. The molecule has 2 aromatic rings. The van der Waals surface area contributed by atoms with Crippen LogP contribution in [0, 0.1) is 0 Å². The van der Waals surface area contributed by atoms with E-state index >= 15 is 0 Å². The molecular formula is C12H14N2S. The van der Waals surface area contributed by atoms with Crippen LogP contribution in [-0.4, -0.2) is 12.0 Å². The van der Waals surface area contributed by atoms with Crippen LogP contribution < -0.4 is 5.32 Å². The quantitative estimate of drug-likeness (QED) is 0.854. The second-order valence-electron chi connectivity index (χ2n) is 3.26. The van der Waals surface area contributed by atoms with E-state index in [1.807, 2.05) is 13.1 Å². The van der Waals surface area contributed by atoms with E-state index < -0.39 is 0 Å². The maximum atomic E-state index is 4.53. The Morgan fingerprint density at radius 2 is 2.00 bits per heavy atom. The van der Waals surface area contributed by atoms with Crippen LogP contribution in [0.5, 0.6) is 0 Å². The number of thiazole rings is 1. The van der Waals surface area contributed by atoms with Crippen LogP contribution in [0.2, 0.25) is 0 Å². The normalized spacial score (nSPS) is 10.3. The number of nitrogens with one attached hydrogen (secondary N) is 1. The zero-order valence-corrected chi connectivity index (χ0v) is 9.77. The van der Waals surface area contributed by atoms with E-state index in [1.165, 1.54) is 16.1 Å². The van der Waals surface area contributed by atoms with Gasteiger partial charge in [-0.1, -0.05) is 48.6 Å². The van der Waals surface area contributed by atoms with Crippen LogP contribution in [0.4, 0.5) is 5.13 Å².